The Labute approximate surface area is 152 Å². The zero-order valence-corrected chi connectivity index (χ0v) is 14.8. The lowest BCUT2D eigenvalue weighted by Gasteiger charge is -2.32. The average Bonchev–Trinajstić information content (AvgIpc) is 2.91. The Morgan fingerprint density at radius 3 is 2.60 bits per heavy atom. The van der Waals surface area contributed by atoms with Crippen molar-refractivity contribution in [1.82, 2.24) is 4.90 Å². The van der Waals surface area contributed by atoms with Crippen molar-refractivity contribution in [2.45, 2.75) is 32.4 Å². The highest BCUT2D eigenvalue weighted by atomic mass is 35.5. The van der Waals surface area contributed by atoms with Gasteiger partial charge >= 0.3 is 0 Å². The second-order valence-electron chi connectivity index (χ2n) is 6.71. The van der Waals surface area contributed by atoms with Gasteiger partial charge in [0.05, 0.1) is 18.2 Å². The van der Waals surface area contributed by atoms with E-state index in [0.717, 1.165) is 18.5 Å². The lowest BCUT2D eigenvalue weighted by molar-refractivity contribution is -0.123. The van der Waals surface area contributed by atoms with Crippen molar-refractivity contribution in [2.24, 2.45) is 0 Å². The van der Waals surface area contributed by atoms with Crippen LogP contribution in [0.2, 0.25) is 5.02 Å². The first-order chi connectivity index (χ1) is 12.0. The van der Waals surface area contributed by atoms with Crippen LogP contribution in [0.15, 0.2) is 42.5 Å². The summed E-state index contributed by atoms with van der Waals surface area (Å²) in [5.41, 5.74) is 4.06. The molecule has 0 aliphatic carbocycles. The molecule has 2 aromatic carbocycles. The van der Waals surface area contributed by atoms with Crippen LogP contribution in [0.5, 0.6) is 0 Å². The van der Waals surface area contributed by atoms with Gasteiger partial charge in [-0.1, -0.05) is 41.9 Å². The summed E-state index contributed by atoms with van der Waals surface area (Å²) in [6, 6.07) is 13.2. The standard InChI is InChI=1S/C20H19ClN2O2/c1-13-6-7-16(10-17(13)21)23-19(24)11-18(20(23)25)22-9-8-14-4-2-3-5-15(14)12-22/h2-7,10,18H,8-9,11-12H2,1H3/t18-/m0/s1. The van der Waals surface area contributed by atoms with Gasteiger partial charge in [0, 0.05) is 18.1 Å². The SMILES string of the molecule is Cc1ccc(N2C(=O)C[C@H](N3CCc4ccccc4C3)C2=O)cc1Cl. The Morgan fingerprint density at radius 2 is 1.84 bits per heavy atom. The van der Waals surface area contributed by atoms with Gasteiger partial charge in [-0.25, -0.2) is 4.90 Å². The summed E-state index contributed by atoms with van der Waals surface area (Å²) in [5, 5.41) is 0.563. The van der Waals surface area contributed by atoms with E-state index in [9.17, 15) is 9.59 Å². The second kappa shape index (κ2) is 6.28. The number of hydrogen-bond acceptors (Lipinski definition) is 3. The first-order valence-corrected chi connectivity index (χ1v) is 8.86. The maximum absolute atomic E-state index is 12.9. The van der Waals surface area contributed by atoms with Crippen molar-refractivity contribution in [1.29, 1.82) is 0 Å². The van der Waals surface area contributed by atoms with Gasteiger partial charge in [-0.3, -0.25) is 14.5 Å². The number of aryl methyl sites for hydroxylation is 1. The minimum atomic E-state index is -0.388. The van der Waals surface area contributed by atoms with Crippen LogP contribution in [0.25, 0.3) is 0 Å². The first-order valence-electron chi connectivity index (χ1n) is 8.48. The number of anilines is 1. The maximum Gasteiger partial charge on any atom is 0.251 e. The van der Waals surface area contributed by atoms with E-state index < -0.39 is 0 Å². The number of halogens is 1. The van der Waals surface area contributed by atoms with Crippen LogP contribution in [0.4, 0.5) is 5.69 Å². The smallest absolute Gasteiger partial charge is 0.251 e. The molecule has 0 N–H and O–H groups in total. The molecule has 0 unspecified atom stereocenters. The molecule has 0 aromatic heterocycles. The molecule has 2 aromatic rings. The molecule has 2 aliphatic heterocycles. The molecule has 4 rings (SSSR count). The molecular weight excluding hydrogens is 336 g/mol. The van der Waals surface area contributed by atoms with E-state index in [1.165, 1.54) is 16.0 Å². The van der Waals surface area contributed by atoms with Gasteiger partial charge in [0.25, 0.3) is 5.91 Å². The van der Waals surface area contributed by atoms with Gasteiger partial charge < -0.3 is 0 Å². The predicted molar refractivity (Wildman–Crippen MR) is 97.6 cm³/mol. The summed E-state index contributed by atoms with van der Waals surface area (Å²) in [5.74, 6) is -0.307. The topological polar surface area (TPSA) is 40.6 Å². The summed E-state index contributed by atoms with van der Waals surface area (Å²) < 4.78 is 0. The number of nitrogens with zero attached hydrogens (tertiary/aromatic N) is 2. The normalized spacial score (nSPS) is 20.9. The largest absolute Gasteiger partial charge is 0.287 e. The van der Waals surface area contributed by atoms with Crippen molar-refractivity contribution in [2.75, 3.05) is 11.4 Å². The molecular formula is C20H19ClN2O2. The van der Waals surface area contributed by atoms with E-state index in [1.54, 1.807) is 12.1 Å². The molecule has 0 radical (unpaired) electrons. The van der Waals surface area contributed by atoms with Crippen LogP contribution in [0.3, 0.4) is 0 Å². The van der Waals surface area contributed by atoms with Gasteiger partial charge in [-0.2, -0.15) is 0 Å². The molecule has 128 valence electrons. The molecule has 1 fully saturated rings. The monoisotopic (exact) mass is 354 g/mol. The maximum atomic E-state index is 12.9. The number of hydrogen-bond donors (Lipinski definition) is 0. The van der Waals surface area contributed by atoms with Crippen LogP contribution in [0.1, 0.15) is 23.1 Å². The number of carbonyl (C=O) groups excluding carboxylic acids is 2. The lowest BCUT2D eigenvalue weighted by atomic mass is 9.98. The molecule has 25 heavy (non-hydrogen) atoms. The minimum absolute atomic E-state index is 0.149. The molecule has 1 saturated heterocycles. The fourth-order valence-corrected chi connectivity index (χ4v) is 3.85. The Kier molecular flexibility index (Phi) is 4.10. The zero-order valence-electron chi connectivity index (χ0n) is 14.0. The van der Waals surface area contributed by atoms with Crippen LogP contribution in [0, 0.1) is 6.92 Å². The molecule has 2 amide bonds. The third-order valence-corrected chi connectivity index (χ3v) is 5.54. The van der Waals surface area contributed by atoms with Crippen molar-refractivity contribution < 1.29 is 9.59 Å². The number of imide groups is 1. The van der Waals surface area contributed by atoms with Crippen molar-refractivity contribution >= 4 is 29.1 Å². The first kappa shape index (κ1) is 16.3. The third kappa shape index (κ3) is 2.86. The summed E-state index contributed by atoms with van der Waals surface area (Å²) in [6.45, 7) is 3.40. The van der Waals surface area contributed by atoms with E-state index in [0.29, 0.717) is 17.3 Å². The molecule has 0 bridgehead atoms. The van der Waals surface area contributed by atoms with E-state index in [2.05, 4.69) is 17.0 Å². The summed E-state index contributed by atoms with van der Waals surface area (Å²) in [7, 11) is 0. The van der Waals surface area contributed by atoms with Crippen molar-refractivity contribution in [3.8, 4) is 0 Å². The lowest BCUT2D eigenvalue weighted by Crippen LogP contribution is -2.44. The van der Waals surface area contributed by atoms with Crippen molar-refractivity contribution in [3.05, 3.63) is 64.2 Å². The molecule has 0 spiro atoms. The Hall–Kier alpha value is -2.17. The molecule has 4 nitrogen and oxygen atoms in total. The fraction of sp³-hybridized carbons (Fsp3) is 0.300. The van der Waals surface area contributed by atoms with Gasteiger partial charge in [-0.05, 0) is 42.2 Å². The summed E-state index contributed by atoms with van der Waals surface area (Å²) >= 11 is 6.17. The number of benzene rings is 2. The van der Waals surface area contributed by atoms with E-state index in [4.69, 9.17) is 11.6 Å². The molecule has 0 saturated carbocycles. The molecule has 2 aliphatic rings. The Balaban J connectivity index is 1.58. The number of amides is 2. The number of rotatable bonds is 2. The highest BCUT2D eigenvalue weighted by Crippen LogP contribution is 2.31. The van der Waals surface area contributed by atoms with Crippen LogP contribution >= 0.6 is 11.6 Å². The summed E-state index contributed by atoms with van der Waals surface area (Å²) in [6.07, 6.45) is 1.14. The Morgan fingerprint density at radius 1 is 1.08 bits per heavy atom. The quantitative estimate of drug-likeness (QED) is 0.777. The van der Waals surface area contributed by atoms with Crippen LogP contribution in [-0.2, 0) is 22.6 Å². The van der Waals surface area contributed by atoms with Crippen LogP contribution in [-0.4, -0.2) is 29.3 Å². The number of carbonyl (C=O) groups is 2. The highest BCUT2D eigenvalue weighted by molar-refractivity contribution is 6.32. The fourth-order valence-electron chi connectivity index (χ4n) is 3.68. The van der Waals surface area contributed by atoms with Gasteiger partial charge in [-0.15, -0.1) is 0 Å². The third-order valence-electron chi connectivity index (χ3n) is 5.14. The predicted octanol–water partition coefficient (Wildman–Crippen LogP) is 3.34. The number of fused-ring (bicyclic) bond motifs is 1. The van der Waals surface area contributed by atoms with Crippen LogP contribution < -0.4 is 4.90 Å². The molecule has 2 heterocycles. The van der Waals surface area contributed by atoms with E-state index >= 15 is 0 Å². The summed E-state index contributed by atoms with van der Waals surface area (Å²) in [4.78, 5) is 28.9. The van der Waals surface area contributed by atoms with Gasteiger partial charge in [0.15, 0.2) is 0 Å². The van der Waals surface area contributed by atoms with E-state index in [1.807, 2.05) is 25.1 Å². The van der Waals surface area contributed by atoms with Gasteiger partial charge in [0.2, 0.25) is 5.91 Å². The molecule has 1 atom stereocenters. The minimum Gasteiger partial charge on any atom is -0.287 e. The Bertz CT molecular complexity index is 865. The zero-order chi connectivity index (χ0) is 17.6. The average molecular weight is 355 g/mol. The second-order valence-corrected chi connectivity index (χ2v) is 7.12. The van der Waals surface area contributed by atoms with Crippen molar-refractivity contribution in [3.63, 3.8) is 0 Å². The molecule has 5 heteroatoms. The highest BCUT2D eigenvalue weighted by Gasteiger charge is 2.43. The van der Waals surface area contributed by atoms with E-state index in [-0.39, 0.29) is 24.3 Å². The van der Waals surface area contributed by atoms with Gasteiger partial charge in [0.1, 0.15) is 0 Å².